The lowest BCUT2D eigenvalue weighted by atomic mass is 9.88. The fourth-order valence-corrected chi connectivity index (χ4v) is 4.32. The predicted octanol–water partition coefficient (Wildman–Crippen LogP) is 3.80. The average Bonchev–Trinajstić information content (AvgIpc) is 3.05. The number of rotatable bonds is 7. The molecule has 34 heavy (non-hydrogen) atoms. The predicted molar refractivity (Wildman–Crippen MR) is 126 cm³/mol. The van der Waals surface area contributed by atoms with Gasteiger partial charge in [0.25, 0.3) is 5.91 Å². The summed E-state index contributed by atoms with van der Waals surface area (Å²) < 4.78 is 19.0. The summed E-state index contributed by atoms with van der Waals surface area (Å²) >= 11 is 0. The van der Waals surface area contributed by atoms with Gasteiger partial charge >= 0.3 is 6.03 Å². The number of imide groups is 1. The van der Waals surface area contributed by atoms with E-state index in [1.54, 1.807) is 19.9 Å². The number of hydrogen-bond donors (Lipinski definition) is 1. The fraction of sp³-hybridized carbons (Fsp3) is 0.269. The van der Waals surface area contributed by atoms with E-state index < -0.39 is 35.7 Å². The number of likely N-dealkylation sites (N-methyl/N-ethyl adjacent to an activating group) is 1. The lowest BCUT2D eigenvalue weighted by Crippen LogP contribution is -2.44. The molecule has 1 saturated heterocycles. The smallest absolute Gasteiger partial charge is 0.325 e. The minimum atomic E-state index is -1.30. The molecule has 3 aromatic carbocycles. The van der Waals surface area contributed by atoms with Crippen LogP contribution in [0, 0.1) is 5.82 Å². The van der Waals surface area contributed by atoms with Crippen molar-refractivity contribution in [1.29, 1.82) is 0 Å². The second-order valence-electron chi connectivity index (χ2n) is 8.35. The van der Waals surface area contributed by atoms with Crippen LogP contribution in [0.5, 0.6) is 5.75 Å². The van der Waals surface area contributed by atoms with Gasteiger partial charge < -0.3 is 15.0 Å². The molecule has 0 bridgehead atoms. The molecule has 0 aromatic heterocycles. The summed E-state index contributed by atoms with van der Waals surface area (Å²) in [6.45, 7) is 3.50. The summed E-state index contributed by atoms with van der Waals surface area (Å²) in [6.07, 6.45) is 0. The maximum Gasteiger partial charge on any atom is 0.325 e. The van der Waals surface area contributed by atoms with E-state index in [2.05, 4.69) is 5.32 Å². The molecule has 0 saturated carbocycles. The fourth-order valence-electron chi connectivity index (χ4n) is 4.32. The van der Waals surface area contributed by atoms with Gasteiger partial charge in [-0.2, -0.15) is 0 Å². The van der Waals surface area contributed by atoms with Gasteiger partial charge in [0.1, 0.15) is 12.1 Å². The highest BCUT2D eigenvalue weighted by atomic mass is 19.1. The minimum absolute atomic E-state index is 0.116. The first-order valence-electron chi connectivity index (χ1n) is 11.0. The highest BCUT2D eigenvalue weighted by Crippen LogP contribution is 2.33. The van der Waals surface area contributed by atoms with E-state index in [4.69, 9.17) is 4.74 Å². The van der Waals surface area contributed by atoms with E-state index in [9.17, 15) is 18.8 Å². The van der Waals surface area contributed by atoms with Crippen LogP contribution < -0.4 is 10.1 Å². The Bertz CT molecular complexity index is 1270. The zero-order valence-electron chi connectivity index (χ0n) is 19.3. The van der Waals surface area contributed by atoms with Crippen LogP contribution in [0.1, 0.15) is 25.0 Å². The molecule has 8 heteroatoms. The van der Waals surface area contributed by atoms with E-state index in [0.29, 0.717) is 17.7 Å². The Morgan fingerprint density at radius 2 is 1.85 bits per heavy atom. The molecule has 4 amide bonds. The second kappa shape index (κ2) is 9.13. The van der Waals surface area contributed by atoms with E-state index in [-0.39, 0.29) is 12.3 Å². The molecule has 0 spiro atoms. The summed E-state index contributed by atoms with van der Waals surface area (Å²) in [5, 5.41) is 4.57. The molecule has 1 unspecified atom stereocenters. The molecule has 1 atom stereocenters. The Kier molecular flexibility index (Phi) is 6.24. The van der Waals surface area contributed by atoms with Crippen molar-refractivity contribution < 1.29 is 23.5 Å². The topological polar surface area (TPSA) is 79.0 Å². The van der Waals surface area contributed by atoms with Gasteiger partial charge in [-0.15, -0.1) is 0 Å². The number of fused-ring (bicyclic) bond motifs is 1. The molecule has 3 aromatic rings. The lowest BCUT2D eigenvalue weighted by molar-refractivity contribution is -0.139. The van der Waals surface area contributed by atoms with Gasteiger partial charge in [0.05, 0.1) is 7.11 Å². The van der Waals surface area contributed by atoms with Crippen LogP contribution in [0.15, 0.2) is 60.7 Å². The Morgan fingerprint density at radius 1 is 1.12 bits per heavy atom. The number of nitrogens with zero attached hydrogens (tertiary/aromatic N) is 2. The Labute approximate surface area is 197 Å². The second-order valence-corrected chi connectivity index (χ2v) is 8.35. The molecule has 176 valence electrons. The van der Waals surface area contributed by atoms with Crippen molar-refractivity contribution in [2.24, 2.45) is 0 Å². The molecule has 1 aliphatic rings. The molecular weight excluding hydrogens is 437 g/mol. The maximum atomic E-state index is 14.1. The summed E-state index contributed by atoms with van der Waals surface area (Å²) in [5.74, 6) is -1.31. The maximum absolute atomic E-state index is 14.1. The SMILES string of the molecule is CCN(Cc1ccc(OC)c(F)c1)C(=O)CN1C(=O)NC(C)(c2cccc3ccccc23)C1=O. The van der Waals surface area contributed by atoms with Gasteiger partial charge in [-0.3, -0.25) is 14.5 Å². The lowest BCUT2D eigenvalue weighted by Gasteiger charge is -2.25. The standard InChI is InChI=1S/C26H26FN3O4/c1-4-29(15-17-12-13-22(34-3)21(27)14-17)23(31)16-30-24(32)26(2,28-25(30)33)20-11-7-9-18-8-5-6-10-19(18)20/h5-14H,4,15-16H2,1-3H3,(H,28,33). The first-order chi connectivity index (χ1) is 16.3. The number of ether oxygens (including phenoxy) is 1. The highest BCUT2D eigenvalue weighted by molar-refractivity contribution is 6.10. The molecule has 1 fully saturated rings. The zero-order valence-corrected chi connectivity index (χ0v) is 19.3. The molecule has 1 N–H and O–H groups in total. The number of hydrogen-bond acceptors (Lipinski definition) is 4. The Hall–Kier alpha value is -3.94. The third-order valence-electron chi connectivity index (χ3n) is 6.22. The molecular formula is C26H26FN3O4. The van der Waals surface area contributed by atoms with E-state index in [1.807, 2.05) is 42.5 Å². The van der Waals surface area contributed by atoms with Crippen LogP contribution in [0.4, 0.5) is 9.18 Å². The third-order valence-corrected chi connectivity index (χ3v) is 6.22. The van der Waals surface area contributed by atoms with Gasteiger partial charge in [-0.25, -0.2) is 9.18 Å². The van der Waals surface area contributed by atoms with Crippen LogP contribution in [0.25, 0.3) is 10.8 Å². The number of benzene rings is 3. The first kappa shape index (κ1) is 23.2. The summed E-state index contributed by atoms with van der Waals surface area (Å²) in [6, 6.07) is 17.0. The van der Waals surface area contributed by atoms with Crippen LogP contribution in [0.2, 0.25) is 0 Å². The Balaban J connectivity index is 1.54. The summed E-state index contributed by atoms with van der Waals surface area (Å²) in [4.78, 5) is 41.6. The monoisotopic (exact) mass is 463 g/mol. The van der Waals surface area contributed by atoms with Crippen molar-refractivity contribution >= 4 is 28.6 Å². The van der Waals surface area contributed by atoms with E-state index >= 15 is 0 Å². The quantitative estimate of drug-likeness (QED) is 0.541. The largest absolute Gasteiger partial charge is 0.494 e. The Morgan fingerprint density at radius 3 is 2.56 bits per heavy atom. The van der Waals surface area contributed by atoms with Crippen LogP contribution >= 0.6 is 0 Å². The molecule has 0 radical (unpaired) electrons. The number of amides is 4. The number of carbonyl (C=O) groups excluding carboxylic acids is 3. The summed E-state index contributed by atoms with van der Waals surface area (Å²) in [7, 11) is 1.38. The highest BCUT2D eigenvalue weighted by Gasteiger charge is 2.50. The number of nitrogens with one attached hydrogen (secondary N) is 1. The van der Waals surface area contributed by atoms with Crippen molar-refractivity contribution in [2.45, 2.75) is 25.9 Å². The normalized spacial score (nSPS) is 17.7. The number of urea groups is 1. The van der Waals surface area contributed by atoms with E-state index in [1.165, 1.54) is 24.1 Å². The van der Waals surface area contributed by atoms with Crippen LogP contribution in [-0.4, -0.2) is 47.8 Å². The zero-order chi connectivity index (χ0) is 24.5. The average molecular weight is 464 g/mol. The summed E-state index contributed by atoms with van der Waals surface area (Å²) in [5.41, 5.74) is -0.0553. The molecule has 0 aliphatic carbocycles. The van der Waals surface area contributed by atoms with Crippen molar-refractivity contribution in [1.82, 2.24) is 15.1 Å². The third kappa shape index (κ3) is 4.07. The van der Waals surface area contributed by atoms with Crippen molar-refractivity contribution in [3.63, 3.8) is 0 Å². The molecule has 1 aliphatic heterocycles. The van der Waals surface area contributed by atoms with Crippen LogP contribution in [-0.2, 0) is 21.7 Å². The number of halogens is 1. The number of carbonyl (C=O) groups is 3. The van der Waals surface area contributed by atoms with Gasteiger partial charge in [-0.05, 0) is 47.9 Å². The van der Waals surface area contributed by atoms with Crippen molar-refractivity contribution in [3.05, 3.63) is 77.6 Å². The van der Waals surface area contributed by atoms with Crippen molar-refractivity contribution in [2.75, 3.05) is 20.2 Å². The number of methoxy groups -OCH3 is 1. The minimum Gasteiger partial charge on any atom is -0.494 e. The van der Waals surface area contributed by atoms with Gasteiger partial charge in [-0.1, -0.05) is 48.5 Å². The molecule has 4 rings (SSSR count). The molecule has 7 nitrogen and oxygen atoms in total. The van der Waals surface area contributed by atoms with Gasteiger partial charge in [0.15, 0.2) is 11.6 Å². The van der Waals surface area contributed by atoms with Gasteiger partial charge in [0, 0.05) is 13.1 Å². The van der Waals surface area contributed by atoms with Crippen LogP contribution in [0.3, 0.4) is 0 Å². The first-order valence-corrected chi connectivity index (χ1v) is 11.0. The molecule has 1 heterocycles. The van der Waals surface area contributed by atoms with Gasteiger partial charge in [0.2, 0.25) is 5.91 Å². The van der Waals surface area contributed by atoms with E-state index in [0.717, 1.165) is 15.7 Å². The van der Waals surface area contributed by atoms with Crippen molar-refractivity contribution in [3.8, 4) is 5.75 Å².